The highest BCUT2D eigenvalue weighted by atomic mass is 35.5. The Labute approximate surface area is 179 Å². The van der Waals surface area contributed by atoms with Crippen molar-refractivity contribution in [3.8, 4) is 0 Å². The molecule has 4 rings (SSSR count). The highest BCUT2D eigenvalue weighted by Gasteiger charge is 2.25. The third-order valence-corrected chi connectivity index (χ3v) is 6.96. The molecule has 1 aliphatic rings. The van der Waals surface area contributed by atoms with Gasteiger partial charge in [-0.15, -0.1) is 11.3 Å². The molecule has 6 nitrogen and oxygen atoms in total. The molecule has 29 heavy (non-hydrogen) atoms. The fourth-order valence-electron chi connectivity index (χ4n) is 3.66. The summed E-state index contributed by atoms with van der Waals surface area (Å²) in [6.07, 6.45) is 0. The van der Waals surface area contributed by atoms with Crippen molar-refractivity contribution in [1.29, 1.82) is 0 Å². The van der Waals surface area contributed by atoms with E-state index >= 15 is 0 Å². The Balaban J connectivity index is 1.64. The number of aryl methyl sites for hydroxylation is 2. The van der Waals surface area contributed by atoms with Crippen LogP contribution < -0.4 is 15.1 Å². The van der Waals surface area contributed by atoms with Crippen molar-refractivity contribution < 1.29 is 9.69 Å². The number of fused-ring (bicyclic) bond motifs is 1. The molecule has 3 heterocycles. The van der Waals surface area contributed by atoms with Crippen molar-refractivity contribution in [3.63, 3.8) is 0 Å². The highest BCUT2D eigenvalue weighted by molar-refractivity contribution is 7.20. The molecule has 0 atom stereocenters. The average Bonchev–Trinajstić information content (AvgIpc) is 3.03. The first-order valence-corrected chi connectivity index (χ1v) is 11.0. The van der Waals surface area contributed by atoms with E-state index in [1.807, 2.05) is 38.1 Å². The van der Waals surface area contributed by atoms with Gasteiger partial charge in [-0.3, -0.25) is 4.79 Å². The minimum Gasteiger partial charge on any atom is -0.347 e. The largest absolute Gasteiger partial charge is 0.347 e. The van der Waals surface area contributed by atoms with Crippen LogP contribution in [0.15, 0.2) is 24.3 Å². The molecule has 0 aliphatic carbocycles. The number of carbonyl (C=O) groups is 1. The van der Waals surface area contributed by atoms with Crippen molar-refractivity contribution in [2.45, 2.75) is 20.4 Å². The Morgan fingerprint density at radius 2 is 1.97 bits per heavy atom. The Kier molecular flexibility index (Phi) is 5.72. The molecule has 8 heteroatoms. The number of nitrogens with one attached hydrogen (secondary N) is 2. The zero-order chi connectivity index (χ0) is 20.5. The van der Waals surface area contributed by atoms with E-state index in [4.69, 9.17) is 16.6 Å². The van der Waals surface area contributed by atoms with Gasteiger partial charge in [0.05, 0.1) is 43.5 Å². The topological polar surface area (TPSA) is 62.6 Å². The maximum absolute atomic E-state index is 12.9. The van der Waals surface area contributed by atoms with Gasteiger partial charge in [-0.2, -0.15) is 0 Å². The van der Waals surface area contributed by atoms with Gasteiger partial charge < -0.3 is 15.1 Å². The summed E-state index contributed by atoms with van der Waals surface area (Å²) in [6, 6.07) is 7.55. The van der Waals surface area contributed by atoms with Gasteiger partial charge in [-0.05, 0) is 31.0 Å². The molecule has 3 aromatic rings. The number of rotatable bonds is 4. The SMILES string of the molecule is Cc1nc(N2CC[NH+](C)CC2)c2c(C)c(C(=O)NCc3ccccc3Cl)sc2n1. The number of quaternary nitrogens is 1. The number of likely N-dealkylation sites (N-methyl/N-ethyl adjacent to an activating group) is 1. The molecule has 0 unspecified atom stereocenters. The fraction of sp³-hybridized carbons (Fsp3) is 0.381. The van der Waals surface area contributed by atoms with E-state index in [1.165, 1.54) is 16.2 Å². The van der Waals surface area contributed by atoms with Crippen molar-refractivity contribution in [2.75, 3.05) is 38.1 Å². The van der Waals surface area contributed by atoms with Crippen LogP contribution in [0.25, 0.3) is 10.2 Å². The third-order valence-electron chi connectivity index (χ3n) is 5.40. The normalized spacial score (nSPS) is 15.1. The van der Waals surface area contributed by atoms with E-state index in [9.17, 15) is 4.79 Å². The summed E-state index contributed by atoms with van der Waals surface area (Å²) in [5, 5.41) is 4.66. The summed E-state index contributed by atoms with van der Waals surface area (Å²) in [7, 11) is 2.22. The fourth-order valence-corrected chi connectivity index (χ4v) is 5.00. The third kappa shape index (κ3) is 4.08. The Bertz CT molecular complexity index is 1060. The van der Waals surface area contributed by atoms with Gasteiger partial charge in [0.15, 0.2) is 0 Å². The molecule has 1 amide bonds. The van der Waals surface area contributed by atoms with E-state index in [1.54, 1.807) is 0 Å². The number of amides is 1. The summed E-state index contributed by atoms with van der Waals surface area (Å²) in [6.45, 7) is 8.38. The number of aromatic nitrogens is 2. The number of nitrogens with zero attached hydrogens (tertiary/aromatic N) is 3. The van der Waals surface area contributed by atoms with Gasteiger partial charge >= 0.3 is 0 Å². The van der Waals surface area contributed by atoms with E-state index in [-0.39, 0.29) is 5.91 Å². The highest BCUT2D eigenvalue weighted by Crippen LogP contribution is 2.35. The van der Waals surface area contributed by atoms with Crippen LogP contribution in [0.4, 0.5) is 5.82 Å². The van der Waals surface area contributed by atoms with Crippen LogP contribution >= 0.6 is 22.9 Å². The molecule has 0 saturated carbocycles. The maximum Gasteiger partial charge on any atom is 0.261 e. The lowest BCUT2D eigenvalue weighted by atomic mass is 10.1. The summed E-state index contributed by atoms with van der Waals surface area (Å²) >= 11 is 7.65. The summed E-state index contributed by atoms with van der Waals surface area (Å²) < 4.78 is 0. The predicted octanol–water partition coefficient (Wildman–Crippen LogP) is 2.23. The average molecular weight is 431 g/mol. The van der Waals surface area contributed by atoms with Crippen molar-refractivity contribution in [3.05, 3.63) is 51.1 Å². The number of hydrogen-bond donors (Lipinski definition) is 2. The number of anilines is 1. The first kappa shape index (κ1) is 20.1. The van der Waals surface area contributed by atoms with Gasteiger partial charge in [0.1, 0.15) is 16.5 Å². The number of carbonyl (C=O) groups excluding carboxylic acids is 1. The second-order valence-electron chi connectivity index (χ2n) is 7.55. The summed E-state index contributed by atoms with van der Waals surface area (Å²) in [5.41, 5.74) is 1.85. The van der Waals surface area contributed by atoms with Crippen LogP contribution in [0.2, 0.25) is 5.02 Å². The number of piperazine rings is 1. The lowest BCUT2D eigenvalue weighted by Gasteiger charge is -2.31. The van der Waals surface area contributed by atoms with Gasteiger partial charge in [0, 0.05) is 11.6 Å². The summed E-state index contributed by atoms with van der Waals surface area (Å²) in [5.74, 6) is 1.60. The molecule has 1 aromatic carbocycles. The van der Waals surface area contributed by atoms with Crippen LogP contribution in [0.1, 0.15) is 26.6 Å². The number of hydrogen-bond acceptors (Lipinski definition) is 5. The Morgan fingerprint density at radius 3 is 2.69 bits per heavy atom. The standard InChI is InChI=1S/C21H24ClN5OS/c1-13-17-19(27-10-8-26(3)9-11-27)24-14(2)25-21(17)29-18(13)20(28)23-12-15-6-4-5-7-16(15)22/h4-7H,8-12H2,1-3H3,(H,23,28)/p+1. The number of thiophene rings is 1. The first-order valence-electron chi connectivity index (χ1n) is 9.79. The van der Waals surface area contributed by atoms with Gasteiger partial charge in [-0.25, -0.2) is 9.97 Å². The van der Waals surface area contributed by atoms with Crippen LogP contribution in [0, 0.1) is 13.8 Å². The molecule has 0 bridgehead atoms. The second-order valence-corrected chi connectivity index (χ2v) is 8.96. The second kappa shape index (κ2) is 8.26. The first-order chi connectivity index (χ1) is 13.9. The lowest BCUT2D eigenvalue weighted by Crippen LogP contribution is -3.12. The maximum atomic E-state index is 12.9. The van der Waals surface area contributed by atoms with Crippen molar-refractivity contribution in [1.82, 2.24) is 15.3 Å². The summed E-state index contributed by atoms with van der Waals surface area (Å²) in [4.78, 5) is 27.7. The quantitative estimate of drug-likeness (QED) is 0.666. The molecule has 2 aromatic heterocycles. The van der Waals surface area contributed by atoms with E-state index in [0.717, 1.165) is 59.2 Å². The van der Waals surface area contributed by atoms with Crippen molar-refractivity contribution in [2.24, 2.45) is 0 Å². The smallest absolute Gasteiger partial charge is 0.261 e. The zero-order valence-electron chi connectivity index (χ0n) is 16.9. The molecule has 0 radical (unpaired) electrons. The van der Waals surface area contributed by atoms with Crippen molar-refractivity contribution >= 4 is 44.9 Å². The molecule has 2 N–H and O–H groups in total. The molecule has 1 saturated heterocycles. The number of halogens is 1. The molecule has 0 spiro atoms. The molecule has 152 valence electrons. The van der Waals surface area contributed by atoms with E-state index in [2.05, 4.69) is 22.2 Å². The van der Waals surface area contributed by atoms with E-state index in [0.29, 0.717) is 16.4 Å². The zero-order valence-corrected chi connectivity index (χ0v) is 18.5. The lowest BCUT2D eigenvalue weighted by molar-refractivity contribution is -0.880. The Morgan fingerprint density at radius 1 is 1.24 bits per heavy atom. The molecule has 1 aliphatic heterocycles. The van der Waals surface area contributed by atoms with E-state index < -0.39 is 0 Å². The van der Waals surface area contributed by atoms with Crippen LogP contribution in [-0.4, -0.2) is 49.1 Å². The molecule has 1 fully saturated rings. The van der Waals surface area contributed by atoms with Gasteiger partial charge in [-0.1, -0.05) is 29.8 Å². The minimum absolute atomic E-state index is 0.100. The number of benzene rings is 1. The monoisotopic (exact) mass is 430 g/mol. The van der Waals surface area contributed by atoms with Crippen LogP contribution in [-0.2, 0) is 6.54 Å². The predicted molar refractivity (Wildman–Crippen MR) is 118 cm³/mol. The van der Waals surface area contributed by atoms with Crippen LogP contribution in [0.3, 0.4) is 0 Å². The minimum atomic E-state index is -0.100. The molecular weight excluding hydrogens is 406 g/mol. The van der Waals surface area contributed by atoms with Gasteiger partial charge in [0.2, 0.25) is 0 Å². The van der Waals surface area contributed by atoms with Crippen LogP contribution in [0.5, 0.6) is 0 Å². The van der Waals surface area contributed by atoms with Gasteiger partial charge in [0.25, 0.3) is 5.91 Å². The molecular formula is C21H25ClN5OS+. The Hall–Kier alpha value is -2.22.